The number of fused-ring (bicyclic) bond motifs is 1. The molecule has 1 aliphatic heterocycles. The average Bonchev–Trinajstić information content (AvgIpc) is 3.12. The number of benzene rings is 1. The molecule has 1 aromatic heterocycles. The van der Waals surface area contributed by atoms with Crippen molar-refractivity contribution in [2.75, 3.05) is 26.9 Å². The second-order valence-corrected chi connectivity index (χ2v) is 6.70. The molecule has 2 aromatic rings. The van der Waals surface area contributed by atoms with Crippen molar-refractivity contribution < 1.29 is 14.3 Å². The van der Waals surface area contributed by atoms with E-state index >= 15 is 0 Å². The Hall–Kier alpha value is -2.05. The summed E-state index contributed by atoms with van der Waals surface area (Å²) in [5, 5.41) is 5.18. The molecule has 24 heavy (non-hydrogen) atoms. The van der Waals surface area contributed by atoms with Crippen molar-refractivity contribution >= 4 is 17.4 Å². The van der Waals surface area contributed by atoms with Crippen molar-refractivity contribution in [3.8, 4) is 5.75 Å². The molecule has 0 saturated heterocycles. The van der Waals surface area contributed by atoms with E-state index in [9.17, 15) is 4.79 Å². The Bertz CT molecular complexity index is 660. The van der Waals surface area contributed by atoms with Crippen LogP contribution in [0.4, 0.5) is 4.79 Å². The van der Waals surface area contributed by atoms with Crippen LogP contribution in [0.25, 0.3) is 0 Å². The predicted octanol–water partition coefficient (Wildman–Crippen LogP) is 3.43. The Morgan fingerprint density at radius 1 is 1.38 bits per heavy atom. The van der Waals surface area contributed by atoms with Gasteiger partial charge in [-0.25, -0.2) is 4.79 Å². The van der Waals surface area contributed by atoms with E-state index in [0.717, 1.165) is 22.6 Å². The zero-order chi connectivity index (χ0) is 16.8. The minimum atomic E-state index is -0.0675. The number of carbonyl (C=O) groups is 1. The Morgan fingerprint density at radius 2 is 2.25 bits per heavy atom. The first kappa shape index (κ1) is 16.8. The van der Waals surface area contributed by atoms with Gasteiger partial charge in [-0.1, -0.05) is 24.3 Å². The van der Waals surface area contributed by atoms with Crippen molar-refractivity contribution in [3.05, 3.63) is 52.2 Å². The Balaban J connectivity index is 1.69. The minimum Gasteiger partial charge on any atom is -0.493 e. The van der Waals surface area contributed by atoms with Crippen LogP contribution in [0.5, 0.6) is 5.75 Å². The second-order valence-electron chi connectivity index (χ2n) is 5.67. The number of para-hydroxylation sites is 1. The molecule has 128 valence electrons. The van der Waals surface area contributed by atoms with Gasteiger partial charge in [0.05, 0.1) is 25.8 Å². The van der Waals surface area contributed by atoms with E-state index < -0.39 is 0 Å². The molecule has 1 aromatic carbocycles. The number of methoxy groups -OCH3 is 1. The number of nitrogens with one attached hydrogen (secondary N) is 1. The Morgan fingerprint density at radius 3 is 3.04 bits per heavy atom. The van der Waals surface area contributed by atoms with Crippen molar-refractivity contribution in [1.29, 1.82) is 0 Å². The van der Waals surface area contributed by atoms with E-state index in [1.165, 1.54) is 0 Å². The van der Waals surface area contributed by atoms with Gasteiger partial charge in [-0.15, -0.1) is 11.3 Å². The highest BCUT2D eigenvalue weighted by Gasteiger charge is 2.25. The third-order valence-electron chi connectivity index (χ3n) is 4.04. The van der Waals surface area contributed by atoms with Crippen LogP contribution in [0.1, 0.15) is 22.9 Å². The minimum absolute atomic E-state index is 0.0177. The standard InChI is InChI=1S/C18H22N2O3S/c1-22-11-9-20(13-14-5-4-12-24-14)18(21)19-16-8-10-23-17-7-3-2-6-15(16)17/h2-7,12,16H,8-11,13H2,1H3,(H,19,21)/t16-/m0/s1. The largest absolute Gasteiger partial charge is 0.493 e. The molecule has 1 N–H and O–H groups in total. The monoisotopic (exact) mass is 346 g/mol. The summed E-state index contributed by atoms with van der Waals surface area (Å²) in [5.74, 6) is 0.857. The molecule has 5 nitrogen and oxygen atoms in total. The van der Waals surface area contributed by atoms with Gasteiger partial charge < -0.3 is 19.7 Å². The van der Waals surface area contributed by atoms with Crippen LogP contribution in [0.2, 0.25) is 0 Å². The molecule has 0 bridgehead atoms. The van der Waals surface area contributed by atoms with Gasteiger partial charge in [0.15, 0.2) is 0 Å². The van der Waals surface area contributed by atoms with Gasteiger partial charge in [0.1, 0.15) is 5.75 Å². The molecule has 0 spiro atoms. The molecule has 0 unspecified atom stereocenters. The molecule has 0 fully saturated rings. The number of rotatable bonds is 6. The quantitative estimate of drug-likeness (QED) is 0.872. The molecular formula is C18H22N2O3S. The summed E-state index contributed by atoms with van der Waals surface area (Å²) in [5.41, 5.74) is 1.04. The van der Waals surface area contributed by atoms with Crippen molar-refractivity contribution in [1.82, 2.24) is 10.2 Å². The third-order valence-corrected chi connectivity index (χ3v) is 4.90. The topological polar surface area (TPSA) is 50.8 Å². The van der Waals surface area contributed by atoms with E-state index in [2.05, 4.69) is 5.32 Å². The lowest BCUT2D eigenvalue weighted by molar-refractivity contribution is 0.143. The van der Waals surface area contributed by atoms with Crippen molar-refractivity contribution in [2.24, 2.45) is 0 Å². The zero-order valence-corrected chi connectivity index (χ0v) is 14.6. The fourth-order valence-corrected chi connectivity index (χ4v) is 3.50. The van der Waals surface area contributed by atoms with E-state index in [1.807, 2.05) is 41.8 Å². The molecule has 0 radical (unpaired) electrons. The van der Waals surface area contributed by atoms with Gasteiger partial charge in [-0.3, -0.25) is 0 Å². The second kappa shape index (κ2) is 8.17. The van der Waals surface area contributed by atoms with Crippen molar-refractivity contribution in [2.45, 2.75) is 19.0 Å². The molecular weight excluding hydrogens is 324 g/mol. The lowest BCUT2D eigenvalue weighted by Gasteiger charge is -2.30. The number of hydrogen-bond donors (Lipinski definition) is 1. The molecule has 1 aliphatic rings. The number of urea groups is 1. The fourth-order valence-electron chi connectivity index (χ4n) is 2.78. The van der Waals surface area contributed by atoms with E-state index in [-0.39, 0.29) is 12.1 Å². The molecule has 2 heterocycles. The average molecular weight is 346 g/mol. The van der Waals surface area contributed by atoms with Gasteiger partial charge >= 0.3 is 6.03 Å². The van der Waals surface area contributed by atoms with Crippen LogP contribution in [0.3, 0.4) is 0 Å². The van der Waals surface area contributed by atoms with E-state index in [4.69, 9.17) is 9.47 Å². The maximum Gasteiger partial charge on any atom is 0.318 e. The summed E-state index contributed by atoms with van der Waals surface area (Å²) in [4.78, 5) is 15.7. The van der Waals surface area contributed by atoms with Crippen LogP contribution in [0, 0.1) is 0 Å². The lowest BCUT2D eigenvalue weighted by Crippen LogP contribution is -2.43. The molecule has 3 rings (SSSR count). The summed E-state index contributed by atoms with van der Waals surface area (Å²) >= 11 is 1.65. The Labute approximate surface area is 146 Å². The number of thiophene rings is 1. The summed E-state index contributed by atoms with van der Waals surface area (Å²) in [6.07, 6.45) is 0.778. The zero-order valence-electron chi connectivity index (χ0n) is 13.7. The highest BCUT2D eigenvalue weighted by atomic mass is 32.1. The highest BCUT2D eigenvalue weighted by Crippen LogP contribution is 2.31. The van der Waals surface area contributed by atoms with Crippen LogP contribution in [-0.4, -0.2) is 37.8 Å². The smallest absolute Gasteiger partial charge is 0.318 e. The van der Waals surface area contributed by atoms with Gasteiger partial charge in [0, 0.05) is 30.5 Å². The number of ether oxygens (including phenoxy) is 2. The maximum absolute atomic E-state index is 12.8. The van der Waals surface area contributed by atoms with E-state index in [1.54, 1.807) is 23.3 Å². The molecule has 6 heteroatoms. The normalized spacial score (nSPS) is 16.1. The summed E-state index contributed by atoms with van der Waals surface area (Å²) < 4.78 is 10.8. The van der Waals surface area contributed by atoms with Crippen LogP contribution < -0.4 is 10.1 Å². The number of amides is 2. The maximum atomic E-state index is 12.8. The molecule has 0 saturated carbocycles. The Kier molecular flexibility index (Phi) is 5.72. The first-order valence-electron chi connectivity index (χ1n) is 8.06. The van der Waals surface area contributed by atoms with Gasteiger partial charge in [0.25, 0.3) is 0 Å². The van der Waals surface area contributed by atoms with Gasteiger partial charge in [0.2, 0.25) is 0 Å². The van der Waals surface area contributed by atoms with Crippen LogP contribution in [-0.2, 0) is 11.3 Å². The SMILES string of the molecule is COCCN(Cc1cccs1)C(=O)N[C@H]1CCOc2ccccc21. The van der Waals surface area contributed by atoms with Crippen LogP contribution in [0.15, 0.2) is 41.8 Å². The summed E-state index contributed by atoms with van der Waals surface area (Å²) in [7, 11) is 1.65. The van der Waals surface area contributed by atoms with E-state index in [0.29, 0.717) is 26.3 Å². The van der Waals surface area contributed by atoms with Crippen LogP contribution >= 0.6 is 11.3 Å². The van der Waals surface area contributed by atoms with Gasteiger partial charge in [-0.2, -0.15) is 0 Å². The van der Waals surface area contributed by atoms with Crippen molar-refractivity contribution in [3.63, 3.8) is 0 Å². The number of hydrogen-bond acceptors (Lipinski definition) is 4. The number of carbonyl (C=O) groups excluding carboxylic acids is 1. The summed E-state index contributed by atoms with van der Waals surface area (Å²) in [6, 6.07) is 11.8. The first-order valence-corrected chi connectivity index (χ1v) is 8.94. The van der Waals surface area contributed by atoms with Gasteiger partial charge in [-0.05, 0) is 17.5 Å². The molecule has 0 aliphatic carbocycles. The predicted molar refractivity (Wildman–Crippen MR) is 94.4 cm³/mol. The fraction of sp³-hybridized carbons (Fsp3) is 0.389. The molecule has 1 atom stereocenters. The third kappa shape index (κ3) is 4.07. The number of nitrogens with zero attached hydrogens (tertiary/aromatic N) is 1. The first-order chi connectivity index (χ1) is 11.8. The lowest BCUT2D eigenvalue weighted by atomic mass is 10.0. The molecule has 2 amide bonds. The highest BCUT2D eigenvalue weighted by molar-refractivity contribution is 7.09. The summed E-state index contributed by atoms with van der Waals surface area (Å²) in [6.45, 7) is 2.29.